The highest BCUT2D eigenvalue weighted by atomic mass is 35.5. The molecule has 1 amide bonds. The summed E-state index contributed by atoms with van der Waals surface area (Å²) in [6, 6.07) is 9.70. The number of carboxylic acids is 1. The van der Waals surface area contributed by atoms with Gasteiger partial charge in [-0.2, -0.15) is 0 Å². The molecule has 33 heavy (non-hydrogen) atoms. The normalized spacial score (nSPS) is 18.6. The number of halogens is 2. The molecule has 1 aliphatic rings. The smallest absolute Gasteiger partial charge is 0.335 e. The van der Waals surface area contributed by atoms with Gasteiger partial charge in [-0.05, 0) is 57.0 Å². The zero-order valence-electron chi connectivity index (χ0n) is 18.3. The first kappa shape index (κ1) is 23.6. The molecule has 3 aromatic rings. The van der Waals surface area contributed by atoms with Crippen LogP contribution < -0.4 is 0 Å². The number of nitrogens with zero attached hydrogens (tertiary/aromatic N) is 2. The third kappa shape index (κ3) is 4.74. The number of aromatic carboxylic acids is 1. The average Bonchev–Trinajstić information content (AvgIpc) is 3.02. The Balaban J connectivity index is 1.75. The number of benzene rings is 2. The number of amides is 1. The van der Waals surface area contributed by atoms with Crippen molar-refractivity contribution in [3.05, 3.63) is 58.5 Å². The SMILES string of the molecule is Cc1c(Sc2cccc(C(=O)O)c2)c2ccc(Cl)c(F)c2n1CC(=O)N1CCCC(C)(O)C1. The van der Waals surface area contributed by atoms with E-state index < -0.39 is 17.4 Å². The summed E-state index contributed by atoms with van der Waals surface area (Å²) in [5, 5.41) is 20.2. The lowest BCUT2D eigenvalue weighted by atomic mass is 9.95. The number of carbonyl (C=O) groups is 2. The van der Waals surface area contributed by atoms with Crippen LogP contribution in [0.4, 0.5) is 4.39 Å². The predicted molar refractivity (Wildman–Crippen MR) is 126 cm³/mol. The molecule has 9 heteroatoms. The van der Waals surface area contributed by atoms with Crippen LogP contribution in [0, 0.1) is 12.7 Å². The molecule has 1 aromatic heterocycles. The lowest BCUT2D eigenvalue weighted by molar-refractivity contribution is -0.138. The Morgan fingerprint density at radius 3 is 2.73 bits per heavy atom. The molecule has 4 rings (SSSR count). The van der Waals surface area contributed by atoms with Gasteiger partial charge in [0.1, 0.15) is 6.54 Å². The van der Waals surface area contributed by atoms with E-state index in [9.17, 15) is 19.8 Å². The Morgan fingerprint density at radius 1 is 1.27 bits per heavy atom. The Morgan fingerprint density at radius 2 is 2.03 bits per heavy atom. The zero-order chi connectivity index (χ0) is 23.9. The third-order valence-electron chi connectivity index (χ3n) is 5.94. The molecule has 1 saturated heterocycles. The maximum Gasteiger partial charge on any atom is 0.335 e. The van der Waals surface area contributed by atoms with Gasteiger partial charge in [0.2, 0.25) is 5.91 Å². The van der Waals surface area contributed by atoms with E-state index in [0.29, 0.717) is 35.4 Å². The largest absolute Gasteiger partial charge is 0.478 e. The van der Waals surface area contributed by atoms with Crippen LogP contribution in [0.1, 0.15) is 35.8 Å². The molecule has 0 spiro atoms. The van der Waals surface area contributed by atoms with Crippen molar-refractivity contribution in [3.8, 4) is 0 Å². The lowest BCUT2D eigenvalue weighted by Gasteiger charge is -2.37. The lowest BCUT2D eigenvalue weighted by Crippen LogP contribution is -2.49. The maximum atomic E-state index is 15.2. The first-order valence-electron chi connectivity index (χ1n) is 10.6. The number of β-amino-alcohol motifs (C(OH)–C–C–N with tert-alkyl or cyclic N) is 1. The van der Waals surface area contributed by atoms with Crippen LogP contribution >= 0.6 is 23.4 Å². The first-order valence-corrected chi connectivity index (χ1v) is 11.7. The summed E-state index contributed by atoms with van der Waals surface area (Å²) >= 11 is 7.39. The summed E-state index contributed by atoms with van der Waals surface area (Å²) in [6.45, 7) is 4.20. The minimum atomic E-state index is -1.03. The molecule has 1 aliphatic heterocycles. The van der Waals surface area contributed by atoms with E-state index in [1.54, 1.807) is 47.6 Å². The van der Waals surface area contributed by atoms with E-state index in [0.717, 1.165) is 4.90 Å². The van der Waals surface area contributed by atoms with Gasteiger partial charge in [0, 0.05) is 34.0 Å². The first-order chi connectivity index (χ1) is 15.6. The Bertz CT molecular complexity index is 1260. The summed E-state index contributed by atoms with van der Waals surface area (Å²) in [6.07, 6.45) is 1.33. The second kappa shape index (κ2) is 9.00. The average molecular weight is 491 g/mol. The van der Waals surface area contributed by atoms with E-state index in [-0.39, 0.29) is 35.1 Å². The van der Waals surface area contributed by atoms with E-state index >= 15 is 4.39 Å². The number of hydrogen-bond acceptors (Lipinski definition) is 4. The van der Waals surface area contributed by atoms with Gasteiger partial charge in [0.15, 0.2) is 5.82 Å². The van der Waals surface area contributed by atoms with Crippen LogP contribution in [0.25, 0.3) is 10.9 Å². The summed E-state index contributed by atoms with van der Waals surface area (Å²) in [4.78, 5) is 27.5. The van der Waals surface area contributed by atoms with Crippen molar-refractivity contribution >= 4 is 46.1 Å². The van der Waals surface area contributed by atoms with E-state index in [1.807, 2.05) is 0 Å². The van der Waals surface area contributed by atoms with Crippen molar-refractivity contribution in [2.45, 2.75) is 48.6 Å². The highest BCUT2D eigenvalue weighted by molar-refractivity contribution is 7.99. The van der Waals surface area contributed by atoms with E-state index in [1.165, 1.54) is 23.9 Å². The molecule has 0 saturated carbocycles. The van der Waals surface area contributed by atoms with Crippen molar-refractivity contribution in [2.75, 3.05) is 13.1 Å². The van der Waals surface area contributed by atoms with Crippen LogP contribution in [-0.2, 0) is 11.3 Å². The van der Waals surface area contributed by atoms with Crippen LogP contribution in [0.2, 0.25) is 5.02 Å². The number of carboxylic acid groups (broad SMARTS) is 1. The molecular weight excluding hydrogens is 467 g/mol. The highest BCUT2D eigenvalue weighted by Crippen LogP contribution is 2.40. The molecular formula is C24H24ClFN2O4S. The maximum absolute atomic E-state index is 15.2. The van der Waals surface area contributed by atoms with Crippen molar-refractivity contribution in [1.29, 1.82) is 0 Å². The van der Waals surface area contributed by atoms with Crippen LogP contribution in [0.15, 0.2) is 46.2 Å². The second-order valence-corrected chi connectivity index (χ2v) is 10.1. The quantitative estimate of drug-likeness (QED) is 0.528. The van der Waals surface area contributed by atoms with Gasteiger partial charge in [-0.3, -0.25) is 4.79 Å². The van der Waals surface area contributed by atoms with Gasteiger partial charge in [-0.15, -0.1) is 0 Å². The van der Waals surface area contributed by atoms with Crippen LogP contribution in [0.3, 0.4) is 0 Å². The summed E-state index contributed by atoms with van der Waals surface area (Å²) < 4.78 is 16.8. The molecule has 174 valence electrons. The van der Waals surface area contributed by atoms with Gasteiger partial charge in [0.05, 0.1) is 21.7 Å². The zero-order valence-corrected chi connectivity index (χ0v) is 19.8. The molecule has 2 heterocycles. The topological polar surface area (TPSA) is 82.8 Å². The van der Waals surface area contributed by atoms with Crippen molar-refractivity contribution in [1.82, 2.24) is 9.47 Å². The number of piperidine rings is 1. The number of fused-ring (bicyclic) bond motifs is 1. The molecule has 0 aliphatic carbocycles. The van der Waals surface area contributed by atoms with Crippen LogP contribution in [0.5, 0.6) is 0 Å². The van der Waals surface area contributed by atoms with Crippen molar-refractivity contribution in [2.24, 2.45) is 0 Å². The molecule has 1 fully saturated rings. The highest BCUT2D eigenvalue weighted by Gasteiger charge is 2.31. The number of aliphatic hydroxyl groups is 1. The molecule has 2 aromatic carbocycles. The molecule has 6 nitrogen and oxygen atoms in total. The van der Waals surface area contributed by atoms with Gasteiger partial charge in [-0.25, -0.2) is 9.18 Å². The molecule has 0 bridgehead atoms. The number of hydrogen-bond donors (Lipinski definition) is 2. The second-order valence-electron chi connectivity index (χ2n) is 8.61. The Kier molecular flexibility index (Phi) is 6.44. The van der Waals surface area contributed by atoms with Crippen molar-refractivity contribution in [3.63, 3.8) is 0 Å². The van der Waals surface area contributed by atoms with Gasteiger partial charge >= 0.3 is 5.97 Å². The summed E-state index contributed by atoms with van der Waals surface area (Å²) in [5.74, 6) is -1.85. The number of likely N-dealkylation sites (tertiary alicyclic amines) is 1. The monoisotopic (exact) mass is 490 g/mol. The third-order valence-corrected chi connectivity index (χ3v) is 7.44. The van der Waals surface area contributed by atoms with Gasteiger partial charge in [-0.1, -0.05) is 29.4 Å². The molecule has 1 unspecified atom stereocenters. The van der Waals surface area contributed by atoms with Gasteiger partial charge in [0.25, 0.3) is 0 Å². The standard InChI is InChI=1S/C24H24ClFN2O4S/c1-14-22(33-16-6-3-5-15(11-16)23(30)31)17-7-8-18(25)20(26)21(17)28(14)12-19(29)27-10-4-9-24(2,32)13-27/h3,5-8,11,32H,4,9-10,12-13H2,1-2H3,(H,30,31). The molecule has 2 N–H and O–H groups in total. The Hall–Kier alpha value is -2.55. The molecule has 0 radical (unpaired) electrons. The van der Waals surface area contributed by atoms with Crippen LogP contribution in [-0.4, -0.2) is 50.2 Å². The number of aromatic nitrogens is 1. The fourth-order valence-corrected chi connectivity index (χ4v) is 5.53. The van der Waals surface area contributed by atoms with Gasteiger partial charge < -0.3 is 19.7 Å². The fraction of sp³-hybridized carbons (Fsp3) is 0.333. The molecule has 1 atom stereocenters. The minimum Gasteiger partial charge on any atom is -0.478 e. The number of rotatable bonds is 5. The van der Waals surface area contributed by atoms with E-state index in [2.05, 4.69) is 0 Å². The minimum absolute atomic E-state index is 0.0426. The van der Waals surface area contributed by atoms with E-state index in [4.69, 9.17) is 11.6 Å². The Labute approximate surface area is 199 Å². The summed E-state index contributed by atoms with van der Waals surface area (Å²) in [7, 11) is 0. The summed E-state index contributed by atoms with van der Waals surface area (Å²) in [5.41, 5.74) is 0.123. The fourth-order valence-electron chi connectivity index (χ4n) is 4.28. The predicted octanol–water partition coefficient (Wildman–Crippen LogP) is 4.97. The van der Waals surface area contributed by atoms with Crippen molar-refractivity contribution < 1.29 is 24.2 Å². The number of carbonyl (C=O) groups excluding carboxylic acids is 1.